The number of nitrogens with zero attached hydrogens (tertiary/aromatic N) is 1. The Kier molecular flexibility index (Phi) is 4.97. The summed E-state index contributed by atoms with van der Waals surface area (Å²) >= 11 is 5.42. The van der Waals surface area contributed by atoms with E-state index in [9.17, 15) is 9.59 Å². The molecule has 0 saturated carbocycles. The highest BCUT2D eigenvalue weighted by atomic mass is 35.5. The first-order chi connectivity index (χ1) is 8.06. The number of hydrogen-bond donors (Lipinski definition) is 1. The zero-order valence-electron chi connectivity index (χ0n) is 9.87. The van der Waals surface area contributed by atoms with Gasteiger partial charge in [0.25, 0.3) is 0 Å². The van der Waals surface area contributed by atoms with Crippen LogP contribution in [-0.4, -0.2) is 24.9 Å². The molecule has 0 unspecified atom stereocenters. The third-order valence-corrected chi connectivity index (χ3v) is 2.54. The van der Waals surface area contributed by atoms with Gasteiger partial charge in [-0.25, -0.2) is 4.79 Å². The van der Waals surface area contributed by atoms with Gasteiger partial charge in [-0.1, -0.05) is 18.2 Å². The van der Waals surface area contributed by atoms with Crippen LogP contribution in [0.3, 0.4) is 0 Å². The lowest BCUT2D eigenvalue weighted by molar-refractivity contribution is -0.119. The minimum absolute atomic E-state index is 0.134. The Labute approximate surface area is 106 Å². The molecular weight excluding hydrogens is 240 g/mol. The second kappa shape index (κ2) is 6.25. The number of urea groups is 1. The van der Waals surface area contributed by atoms with Gasteiger partial charge in [-0.15, -0.1) is 11.6 Å². The number of carbonyl (C=O) groups excluding carboxylic acids is 2. The molecule has 0 radical (unpaired) electrons. The number of anilines is 1. The van der Waals surface area contributed by atoms with Gasteiger partial charge in [-0.05, 0) is 18.6 Å². The highest BCUT2D eigenvalue weighted by Gasteiger charge is 2.14. The van der Waals surface area contributed by atoms with Crippen molar-refractivity contribution in [3.8, 4) is 0 Å². The van der Waals surface area contributed by atoms with Crippen LogP contribution in [-0.2, 0) is 4.79 Å². The Bertz CT molecular complexity index is 421. The third-order valence-electron chi connectivity index (χ3n) is 2.35. The molecule has 0 aliphatic rings. The molecule has 1 aromatic carbocycles. The molecule has 0 aliphatic heterocycles. The van der Waals surface area contributed by atoms with E-state index in [0.29, 0.717) is 0 Å². The van der Waals surface area contributed by atoms with E-state index < -0.39 is 6.03 Å². The zero-order chi connectivity index (χ0) is 12.8. The lowest BCUT2D eigenvalue weighted by atomic mass is 10.2. The number of rotatable bonds is 3. The van der Waals surface area contributed by atoms with Crippen molar-refractivity contribution >= 4 is 29.2 Å². The van der Waals surface area contributed by atoms with Gasteiger partial charge < -0.3 is 0 Å². The van der Waals surface area contributed by atoms with Crippen molar-refractivity contribution in [2.75, 3.05) is 17.8 Å². The summed E-state index contributed by atoms with van der Waals surface area (Å²) in [5.41, 5.74) is 1.73. The molecule has 17 heavy (non-hydrogen) atoms. The molecule has 0 aliphatic carbocycles. The normalized spacial score (nSPS) is 9.82. The number of nitrogens with one attached hydrogen (secondary N) is 1. The molecule has 0 atom stereocenters. The molecular formula is C12H15ClN2O2. The molecule has 5 heteroatoms. The second-order valence-electron chi connectivity index (χ2n) is 3.64. The summed E-state index contributed by atoms with van der Waals surface area (Å²) in [5.74, 6) is -0.168. The van der Waals surface area contributed by atoms with Crippen LogP contribution in [0.4, 0.5) is 10.5 Å². The molecule has 0 aromatic heterocycles. The molecule has 0 heterocycles. The van der Waals surface area contributed by atoms with Gasteiger partial charge in [0.2, 0.25) is 5.91 Å². The van der Waals surface area contributed by atoms with Crippen LogP contribution in [0.2, 0.25) is 0 Å². The summed E-state index contributed by atoms with van der Waals surface area (Å²) in [7, 11) is 1.62. The van der Waals surface area contributed by atoms with E-state index in [4.69, 9.17) is 11.6 Å². The summed E-state index contributed by atoms with van der Waals surface area (Å²) in [6, 6.07) is 7.01. The lowest BCUT2D eigenvalue weighted by Gasteiger charge is -2.19. The highest BCUT2D eigenvalue weighted by Crippen LogP contribution is 2.17. The predicted octanol–water partition coefficient (Wildman–Crippen LogP) is 2.30. The van der Waals surface area contributed by atoms with E-state index in [1.165, 1.54) is 4.90 Å². The van der Waals surface area contributed by atoms with Gasteiger partial charge in [0.1, 0.15) is 0 Å². The van der Waals surface area contributed by atoms with Crippen LogP contribution >= 0.6 is 11.6 Å². The molecule has 0 spiro atoms. The summed E-state index contributed by atoms with van der Waals surface area (Å²) in [4.78, 5) is 24.4. The van der Waals surface area contributed by atoms with Gasteiger partial charge in [0.05, 0.1) is 0 Å². The Morgan fingerprint density at radius 2 is 2.00 bits per heavy atom. The average molecular weight is 255 g/mol. The molecule has 0 fully saturated rings. The van der Waals surface area contributed by atoms with Crippen LogP contribution in [0.25, 0.3) is 0 Å². The molecule has 1 rings (SSSR count). The van der Waals surface area contributed by atoms with Crippen molar-refractivity contribution < 1.29 is 9.59 Å². The number of amides is 3. The van der Waals surface area contributed by atoms with Gasteiger partial charge in [0.15, 0.2) is 0 Å². The summed E-state index contributed by atoms with van der Waals surface area (Å²) in [5, 5.41) is 2.27. The van der Waals surface area contributed by atoms with Crippen molar-refractivity contribution in [3.63, 3.8) is 0 Å². The Morgan fingerprint density at radius 1 is 1.35 bits per heavy atom. The standard InChI is InChI=1S/C12H15ClN2O2/c1-9-5-3-4-6-10(9)15(2)12(17)14-11(16)7-8-13/h3-6H,7-8H2,1-2H3,(H,14,16,17). The molecule has 1 N–H and O–H groups in total. The minimum Gasteiger partial charge on any atom is -0.297 e. The Morgan fingerprint density at radius 3 is 2.59 bits per heavy atom. The predicted molar refractivity (Wildman–Crippen MR) is 68.5 cm³/mol. The third kappa shape index (κ3) is 3.75. The van der Waals surface area contributed by atoms with Gasteiger partial charge in [-0.2, -0.15) is 0 Å². The van der Waals surface area contributed by atoms with Crippen LogP contribution in [0, 0.1) is 6.92 Å². The summed E-state index contributed by atoms with van der Waals surface area (Å²) < 4.78 is 0. The van der Waals surface area contributed by atoms with Crippen molar-refractivity contribution in [1.29, 1.82) is 0 Å². The fourth-order valence-corrected chi connectivity index (χ4v) is 1.57. The first kappa shape index (κ1) is 13.5. The maximum Gasteiger partial charge on any atom is 0.328 e. The molecule has 3 amide bonds. The number of hydrogen-bond acceptors (Lipinski definition) is 2. The summed E-state index contributed by atoms with van der Waals surface area (Å²) in [6.45, 7) is 1.90. The SMILES string of the molecule is Cc1ccccc1N(C)C(=O)NC(=O)CCCl. The number of para-hydroxylation sites is 1. The van der Waals surface area contributed by atoms with Crippen LogP contribution in [0.15, 0.2) is 24.3 Å². The van der Waals surface area contributed by atoms with Gasteiger partial charge >= 0.3 is 6.03 Å². The largest absolute Gasteiger partial charge is 0.328 e. The number of halogens is 1. The van der Waals surface area contributed by atoms with E-state index in [1.54, 1.807) is 7.05 Å². The lowest BCUT2D eigenvalue weighted by Crippen LogP contribution is -2.41. The molecule has 0 saturated heterocycles. The highest BCUT2D eigenvalue weighted by molar-refractivity contribution is 6.19. The second-order valence-corrected chi connectivity index (χ2v) is 4.02. The maximum absolute atomic E-state index is 11.7. The first-order valence-corrected chi connectivity index (χ1v) is 5.79. The van der Waals surface area contributed by atoms with Crippen molar-refractivity contribution in [2.45, 2.75) is 13.3 Å². The average Bonchev–Trinajstić information content (AvgIpc) is 2.29. The van der Waals surface area contributed by atoms with Crippen molar-refractivity contribution in [1.82, 2.24) is 5.32 Å². The quantitative estimate of drug-likeness (QED) is 0.842. The van der Waals surface area contributed by atoms with E-state index in [2.05, 4.69) is 5.32 Å². The molecule has 4 nitrogen and oxygen atoms in total. The smallest absolute Gasteiger partial charge is 0.297 e. The fraction of sp³-hybridized carbons (Fsp3) is 0.333. The number of alkyl halides is 1. The number of carbonyl (C=O) groups is 2. The van der Waals surface area contributed by atoms with Crippen LogP contribution in [0.5, 0.6) is 0 Å². The number of benzene rings is 1. The number of imide groups is 1. The van der Waals surface area contributed by atoms with E-state index in [-0.39, 0.29) is 18.2 Å². The van der Waals surface area contributed by atoms with E-state index in [1.807, 2.05) is 31.2 Å². The van der Waals surface area contributed by atoms with Crippen LogP contribution in [0.1, 0.15) is 12.0 Å². The van der Waals surface area contributed by atoms with Gasteiger partial charge in [0, 0.05) is 25.0 Å². The molecule has 0 bridgehead atoms. The van der Waals surface area contributed by atoms with Crippen LogP contribution < -0.4 is 10.2 Å². The zero-order valence-corrected chi connectivity index (χ0v) is 10.6. The fourth-order valence-electron chi connectivity index (χ4n) is 1.40. The Hall–Kier alpha value is -1.55. The van der Waals surface area contributed by atoms with Crippen molar-refractivity contribution in [3.05, 3.63) is 29.8 Å². The molecule has 92 valence electrons. The van der Waals surface area contributed by atoms with E-state index >= 15 is 0 Å². The number of aryl methyl sites for hydroxylation is 1. The topological polar surface area (TPSA) is 49.4 Å². The Balaban J connectivity index is 2.70. The van der Waals surface area contributed by atoms with Gasteiger partial charge in [-0.3, -0.25) is 15.0 Å². The monoisotopic (exact) mass is 254 g/mol. The minimum atomic E-state index is -0.450. The van der Waals surface area contributed by atoms with Crippen molar-refractivity contribution in [2.24, 2.45) is 0 Å². The van der Waals surface area contributed by atoms with E-state index in [0.717, 1.165) is 11.3 Å². The summed E-state index contributed by atoms with van der Waals surface area (Å²) in [6.07, 6.45) is 0.134. The maximum atomic E-state index is 11.7. The molecule has 1 aromatic rings. The first-order valence-electron chi connectivity index (χ1n) is 5.25.